The molecule has 0 bridgehead atoms. The number of aromatic nitrogens is 1. The molecule has 0 saturated heterocycles. The standard InChI is InChI=1S/C23H20Cl2N2O3S/c1-15-7-9-21-16(12-15)4-3-11-27(21)23(28)20-6-2-5-18(26-20)14-31(29,30)22-10-8-17(24)13-19(22)25/h2,5-10,12-13H,3-4,11,14H2,1H3. The van der Waals surface area contributed by atoms with E-state index in [1.807, 2.05) is 19.1 Å². The van der Waals surface area contributed by atoms with Gasteiger partial charge in [0.05, 0.1) is 21.4 Å². The third-order valence-electron chi connectivity index (χ3n) is 5.19. The maximum atomic E-state index is 13.2. The van der Waals surface area contributed by atoms with Crippen molar-refractivity contribution >= 4 is 44.6 Å². The van der Waals surface area contributed by atoms with Crippen LogP contribution in [-0.2, 0) is 22.0 Å². The van der Waals surface area contributed by atoms with Gasteiger partial charge in [0.2, 0.25) is 0 Å². The van der Waals surface area contributed by atoms with Crippen LogP contribution in [0.4, 0.5) is 5.69 Å². The molecular formula is C23H20Cl2N2O3S. The summed E-state index contributed by atoms with van der Waals surface area (Å²) in [5, 5.41) is 0.409. The summed E-state index contributed by atoms with van der Waals surface area (Å²) in [6, 6.07) is 15.1. The molecule has 0 spiro atoms. The summed E-state index contributed by atoms with van der Waals surface area (Å²) in [5.41, 5.74) is 3.66. The number of pyridine rings is 1. The Balaban J connectivity index is 1.61. The first-order valence-electron chi connectivity index (χ1n) is 9.80. The first-order valence-corrected chi connectivity index (χ1v) is 12.2. The van der Waals surface area contributed by atoms with Crippen molar-refractivity contribution in [3.63, 3.8) is 0 Å². The van der Waals surface area contributed by atoms with Gasteiger partial charge in [-0.2, -0.15) is 0 Å². The number of carbonyl (C=O) groups is 1. The van der Waals surface area contributed by atoms with E-state index in [-0.39, 0.29) is 33.0 Å². The van der Waals surface area contributed by atoms with Crippen LogP contribution in [0.3, 0.4) is 0 Å². The number of aryl methyl sites for hydroxylation is 2. The lowest BCUT2D eigenvalue weighted by Gasteiger charge is -2.29. The number of carbonyl (C=O) groups excluding carboxylic acids is 1. The molecule has 2 heterocycles. The molecule has 31 heavy (non-hydrogen) atoms. The molecule has 1 aromatic heterocycles. The monoisotopic (exact) mass is 474 g/mol. The summed E-state index contributed by atoms with van der Waals surface area (Å²) >= 11 is 11.9. The first-order chi connectivity index (χ1) is 14.7. The molecule has 0 atom stereocenters. The van der Waals surface area contributed by atoms with Crippen molar-refractivity contribution < 1.29 is 13.2 Å². The van der Waals surface area contributed by atoms with E-state index in [9.17, 15) is 13.2 Å². The lowest BCUT2D eigenvalue weighted by molar-refractivity contribution is 0.0980. The minimum atomic E-state index is -3.76. The fourth-order valence-electron chi connectivity index (χ4n) is 3.75. The van der Waals surface area contributed by atoms with Gasteiger partial charge < -0.3 is 4.90 Å². The number of halogens is 2. The van der Waals surface area contributed by atoms with Gasteiger partial charge >= 0.3 is 0 Å². The maximum Gasteiger partial charge on any atom is 0.276 e. The SMILES string of the molecule is Cc1ccc2c(c1)CCCN2C(=O)c1cccc(CS(=O)(=O)c2ccc(Cl)cc2Cl)n1. The van der Waals surface area contributed by atoms with E-state index in [2.05, 4.69) is 11.1 Å². The summed E-state index contributed by atoms with van der Waals surface area (Å²) in [7, 11) is -3.76. The third kappa shape index (κ3) is 4.61. The van der Waals surface area contributed by atoms with Gasteiger partial charge in [-0.15, -0.1) is 0 Å². The topological polar surface area (TPSA) is 67.3 Å². The van der Waals surface area contributed by atoms with Crippen LogP contribution < -0.4 is 4.90 Å². The Bertz CT molecular complexity index is 1280. The Hall–Kier alpha value is -2.41. The number of fused-ring (bicyclic) bond motifs is 1. The van der Waals surface area contributed by atoms with Gasteiger partial charge in [-0.1, -0.05) is 47.0 Å². The molecule has 4 rings (SSSR count). The number of sulfone groups is 1. The molecule has 1 aliphatic rings. The molecule has 0 aliphatic carbocycles. The fraction of sp³-hybridized carbons (Fsp3) is 0.217. The second kappa shape index (κ2) is 8.61. The van der Waals surface area contributed by atoms with Crippen molar-refractivity contribution in [1.29, 1.82) is 0 Å². The Morgan fingerprint density at radius 3 is 2.68 bits per heavy atom. The van der Waals surface area contributed by atoms with Crippen LogP contribution in [0, 0.1) is 6.92 Å². The van der Waals surface area contributed by atoms with E-state index in [1.54, 1.807) is 23.1 Å². The predicted molar refractivity (Wildman–Crippen MR) is 123 cm³/mol. The fourth-order valence-corrected chi connectivity index (χ4v) is 5.85. The molecule has 2 aromatic carbocycles. The second-order valence-electron chi connectivity index (χ2n) is 7.54. The largest absolute Gasteiger partial charge is 0.307 e. The van der Waals surface area contributed by atoms with Crippen LogP contribution in [0.5, 0.6) is 0 Å². The van der Waals surface area contributed by atoms with Crippen molar-refractivity contribution in [3.05, 3.63) is 87.2 Å². The van der Waals surface area contributed by atoms with Gasteiger partial charge in [0.1, 0.15) is 5.69 Å². The summed E-state index contributed by atoms with van der Waals surface area (Å²) in [6.45, 7) is 2.62. The number of anilines is 1. The normalized spacial score (nSPS) is 13.7. The van der Waals surface area contributed by atoms with Crippen LogP contribution in [0.15, 0.2) is 59.5 Å². The van der Waals surface area contributed by atoms with Crippen molar-refractivity contribution in [3.8, 4) is 0 Å². The van der Waals surface area contributed by atoms with Gasteiger partial charge in [0.15, 0.2) is 9.84 Å². The zero-order valence-electron chi connectivity index (χ0n) is 16.8. The number of amides is 1. The highest BCUT2D eigenvalue weighted by atomic mass is 35.5. The Labute approximate surface area is 191 Å². The van der Waals surface area contributed by atoms with Gasteiger partial charge in [0, 0.05) is 17.3 Å². The van der Waals surface area contributed by atoms with Crippen LogP contribution in [0.25, 0.3) is 0 Å². The average molecular weight is 475 g/mol. The number of benzene rings is 2. The number of hydrogen-bond acceptors (Lipinski definition) is 4. The molecule has 0 N–H and O–H groups in total. The number of rotatable bonds is 4. The lowest BCUT2D eigenvalue weighted by atomic mass is 9.99. The molecule has 0 saturated carbocycles. The number of nitrogens with zero attached hydrogens (tertiary/aromatic N) is 2. The molecule has 1 aliphatic heterocycles. The van der Waals surface area contributed by atoms with E-state index in [4.69, 9.17) is 23.2 Å². The van der Waals surface area contributed by atoms with Crippen molar-refractivity contribution in [2.45, 2.75) is 30.4 Å². The highest BCUT2D eigenvalue weighted by Crippen LogP contribution is 2.30. The van der Waals surface area contributed by atoms with Gasteiger partial charge in [0.25, 0.3) is 5.91 Å². The predicted octanol–water partition coefficient (Wildman–Crippen LogP) is 5.26. The summed E-state index contributed by atoms with van der Waals surface area (Å²) in [4.78, 5) is 19.3. The Morgan fingerprint density at radius 1 is 1.10 bits per heavy atom. The highest BCUT2D eigenvalue weighted by molar-refractivity contribution is 7.90. The maximum absolute atomic E-state index is 13.2. The average Bonchev–Trinajstić information content (AvgIpc) is 2.72. The van der Waals surface area contributed by atoms with Crippen LogP contribution in [0.1, 0.15) is 33.7 Å². The summed E-state index contributed by atoms with van der Waals surface area (Å²) in [6.07, 6.45) is 1.79. The smallest absolute Gasteiger partial charge is 0.276 e. The summed E-state index contributed by atoms with van der Waals surface area (Å²) in [5.74, 6) is -0.612. The quantitative estimate of drug-likeness (QED) is 0.516. The van der Waals surface area contributed by atoms with E-state index >= 15 is 0 Å². The van der Waals surface area contributed by atoms with E-state index in [1.165, 1.54) is 18.2 Å². The molecule has 1 amide bonds. The van der Waals surface area contributed by atoms with Crippen molar-refractivity contribution in [1.82, 2.24) is 4.98 Å². The molecule has 5 nitrogen and oxygen atoms in total. The lowest BCUT2D eigenvalue weighted by Crippen LogP contribution is -2.36. The zero-order valence-corrected chi connectivity index (χ0v) is 19.1. The zero-order chi connectivity index (χ0) is 22.2. The van der Waals surface area contributed by atoms with Gasteiger partial charge in [-0.05, 0) is 61.7 Å². The van der Waals surface area contributed by atoms with E-state index < -0.39 is 9.84 Å². The van der Waals surface area contributed by atoms with Gasteiger partial charge in [-0.25, -0.2) is 13.4 Å². The van der Waals surface area contributed by atoms with E-state index in [0.29, 0.717) is 11.6 Å². The second-order valence-corrected chi connectivity index (χ2v) is 10.3. The van der Waals surface area contributed by atoms with Crippen LogP contribution in [0.2, 0.25) is 10.0 Å². The molecule has 0 fully saturated rings. The first kappa shape index (κ1) is 21.8. The summed E-state index contributed by atoms with van der Waals surface area (Å²) < 4.78 is 25.7. The van der Waals surface area contributed by atoms with E-state index in [0.717, 1.165) is 29.7 Å². The third-order valence-corrected chi connectivity index (χ3v) is 7.55. The molecular weight excluding hydrogens is 455 g/mol. The minimum absolute atomic E-state index is 0.0163. The van der Waals surface area contributed by atoms with Crippen molar-refractivity contribution in [2.75, 3.05) is 11.4 Å². The van der Waals surface area contributed by atoms with Crippen LogP contribution >= 0.6 is 23.2 Å². The van der Waals surface area contributed by atoms with Crippen molar-refractivity contribution in [2.24, 2.45) is 0 Å². The highest BCUT2D eigenvalue weighted by Gasteiger charge is 2.25. The Morgan fingerprint density at radius 2 is 1.90 bits per heavy atom. The molecule has 8 heteroatoms. The minimum Gasteiger partial charge on any atom is -0.307 e. The number of hydrogen-bond donors (Lipinski definition) is 0. The van der Waals surface area contributed by atoms with Gasteiger partial charge in [-0.3, -0.25) is 4.79 Å². The molecule has 0 unspecified atom stereocenters. The molecule has 0 radical (unpaired) electrons. The molecule has 160 valence electrons. The molecule has 3 aromatic rings. The van der Waals surface area contributed by atoms with Crippen LogP contribution in [-0.4, -0.2) is 25.9 Å². The Kier molecular flexibility index (Phi) is 6.06.